The quantitative estimate of drug-likeness (QED) is 0.352. The van der Waals surface area contributed by atoms with Crippen LogP contribution in [0.4, 0.5) is 0 Å². The molecule has 1 aromatic carbocycles. The fourth-order valence-corrected chi connectivity index (χ4v) is 2.41. The van der Waals surface area contributed by atoms with E-state index < -0.39 is 34.8 Å². The van der Waals surface area contributed by atoms with Crippen molar-refractivity contribution in [2.45, 2.75) is 67.9 Å². The van der Waals surface area contributed by atoms with Gasteiger partial charge in [0.1, 0.15) is 6.04 Å². The molecule has 32 heavy (non-hydrogen) atoms. The number of nitrogens with one attached hydrogen (secondary N) is 1. The van der Waals surface area contributed by atoms with E-state index in [9.17, 15) is 24.3 Å². The molecule has 0 radical (unpaired) electrons. The molecule has 1 rings (SSSR count). The highest BCUT2D eigenvalue weighted by atomic mass is 16.6. The summed E-state index contributed by atoms with van der Waals surface area (Å²) in [4.78, 5) is 47.7. The van der Waals surface area contributed by atoms with Crippen LogP contribution in [0, 0.1) is 10.8 Å². The number of hydrogen-bond acceptors (Lipinski definition) is 7. The molecular weight excluding hydrogens is 414 g/mol. The lowest BCUT2D eigenvalue weighted by atomic mass is 9.97. The lowest BCUT2D eigenvalue weighted by Gasteiger charge is -2.21. The van der Waals surface area contributed by atoms with Gasteiger partial charge in [-0.05, 0) is 79.2 Å². The average molecular weight is 448 g/mol. The number of carbonyl (C=O) groups is 4. The van der Waals surface area contributed by atoms with E-state index in [1.165, 1.54) is 25.1 Å². The van der Waals surface area contributed by atoms with Gasteiger partial charge in [-0.2, -0.15) is 0 Å². The van der Waals surface area contributed by atoms with E-state index >= 15 is 0 Å². The highest BCUT2D eigenvalue weighted by molar-refractivity contribution is 5.88. The summed E-state index contributed by atoms with van der Waals surface area (Å²) >= 11 is 0. The molecule has 8 nitrogen and oxygen atoms in total. The second kappa shape index (κ2) is 10.4. The molecule has 0 aliphatic carbocycles. The number of rotatable bonds is 8. The second-order valence-electron chi connectivity index (χ2n) is 9.74. The molecule has 176 valence electrons. The first kappa shape index (κ1) is 26.9. The zero-order valence-corrected chi connectivity index (χ0v) is 20.0. The SMILES string of the molecule is CC(=O)C=C(C)N[C@@H](Cc1ccc(OC(=O)C(C)(C)C)c(OC(=O)C(C)(C)C)c1)C(=O)O. The first-order chi connectivity index (χ1) is 14.5. The van der Waals surface area contributed by atoms with Crippen LogP contribution in [0.15, 0.2) is 30.0 Å². The number of esters is 2. The van der Waals surface area contributed by atoms with Crippen LogP contribution in [0.1, 0.15) is 61.0 Å². The number of hydrogen-bond donors (Lipinski definition) is 2. The number of ketones is 1. The third-order valence-corrected chi connectivity index (χ3v) is 4.20. The minimum Gasteiger partial charge on any atom is -0.480 e. The van der Waals surface area contributed by atoms with Gasteiger partial charge >= 0.3 is 17.9 Å². The summed E-state index contributed by atoms with van der Waals surface area (Å²) in [6.07, 6.45) is 1.34. The van der Waals surface area contributed by atoms with Gasteiger partial charge in [0.15, 0.2) is 17.3 Å². The van der Waals surface area contributed by atoms with Crippen molar-refractivity contribution in [3.8, 4) is 11.5 Å². The van der Waals surface area contributed by atoms with Gasteiger partial charge in [0.2, 0.25) is 0 Å². The largest absolute Gasteiger partial charge is 0.480 e. The minimum atomic E-state index is -1.11. The van der Waals surface area contributed by atoms with Gasteiger partial charge in [-0.15, -0.1) is 0 Å². The smallest absolute Gasteiger partial charge is 0.326 e. The summed E-state index contributed by atoms with van der Waals surface area (Å²) < 4.78 is 10.9. The summed E-state index contributed by atoms with van der Waals surface area (Å²) in [7, 11) is 0. The maximum absolute atomic E-state index is 12.5. The molecule has 0 aliphatic heterocycles. The number of carboxylic acid groups (broad SMARTS) is 1. The van der Waals surface area contributed by atoms with Crippen molar-refractivity contribution in [1.82, 2.24) is 5.32 Å². The molecule has 0 unspecified atom stereocenters. The number of benzene rings is 1. The molecule has 8 heteroatoms. The van der Waals surface area contributed by atoms with Crippen molar-refractivity contribution in [2.24, 2.45) is 10.8 Å². The maximum Gasteiger partial charge on any atom is 0.326 e. The van der Waals surface area contributed by atoms with Gasteiger partial charge in [-0.25, -0.2) is 4.79 Å². The first-order valence-corrected chi connectivity index (χ1v) is 10.3. The zero-order valence-electron chi connectivity index (χ0n) is 20.0. The van der Waals surface area contributed by atoms with Gasteiger partial charge in [0.05, 0.1) is 10.8 Å². The number of carbonyl (C=O) groups excluding carboxylic acids is 3. The Labute approximate surface area is 189 Å². The van der Waals surface area contributed by atoms with Crippen LogP contribution < -0.4 is 14.8 Å². The molecule has 0 bridgehead atoms. The van der Waals surface area contributed by atoms with Gasteiger partial charge < -0.3 is 19.9 Å². The number of carboxylic acids is 1. The van der Waals surface area contributed by atoms with E-state index in [0.29, 0.717) is 11.3 Å². The Kier molecular flexibility index (Phi) is 8.76. The molecule has 0 fully saturated rings. The van der Waals surface area contributed by atoms with Crippen molar-refractivity contribution < 1.29 is 33.8 Å². The number of aliphatic carboxylic acids is 1. The first-order valence-electron chi connectivity index (χ1n) is 10.3. The standard InChI is InChI=1S/C24H33NO7/c1-14(11-15(2)26)25-17(20(27)28)12-16-9-10-18(31-21(29)23(3,4)5)19(13-16)32-22(30)24(6,7)8/h9-11,13,17,25H,12H2,1-8H3,(H,27,28)/t17-/m0/s1. The molecule has 0 saturated heterocycles. The van der Waals surface area contributed by atoms with Crippen LogP contribution in [-0.4, -0.2) is 34.8 Å². The topological polar surface area (TPSA) is 119 Å². The van der Waals surface area contributed by atoms with E-state index in [1.807, 2.05) is 0 Å². The predicted molar refractivity (Wildman–Crippen MR) is 119 cm³/mol. The minimum absolute atomic E-state index is 0.0279. The summed E-state index contributed by atoms with van der Waals surface area (Å²) in [6, 6.07) is 3.53. The van der Waals surface area contributed by atoms with Crippen LogP contribution in [0.2, 0.25) is 0 Å². The Bertz CT molecular complexity index is 917. The van der Waals surface area contributed by atoms with Crippen molar-refractivity contribution in [2.75, 3.05) is 0 Å². The van der Waals surface area contributed by atoms with Crippen LogP contribution >= 0.6 is 0 Å². The van der Waals surface area contributed by atoms with Gasteiger partial charge in [0, 0.05) is 12.1 Å². The molecular formula is C24H33NO7. The molecule has 0 amide bonds. The van der Waals surface area contributed by atoms with Crippen LogP contribution in [0.3, 0.4) is 0 Å². The summed E-state index contributed by atoms with van der Waals surface area (Å²) in [5, 5.41) is 12.4. The van der Waals surface area contributed by atoms with Gasteiger partial charge in [0.25, 0.3) is 0 Å². The van der Waals surface area contributed by atoms with E-state index in [0.717, 1.165) is 0 Å². The van der Waals surface area contributed by atoms with Crippen LogP contribution in [0.5, 0.6) is 11.5 Å². The number of allylic oxidation sites excluding steroid dienone is 2. The third-order valence-electron chi connectivity index (χ3n) is 4.20. The Morgan fingerprint density at radius 3 is 1.88 bits per heavy atom. The Morgan fingerprint density at radius 2 is 1.44 bits per heavy atom. The maximum atomic E-state index is 12.5. The Morgan fingerprint density at radius 1 is 0.938 bits per heavy atom. The highest BCUT2D eigenvalue weighted by Crippen LogP contribution is 2.33. The highest BCUT2D eigenvalue weighted by Gasteiger charge is 2.28. The second-order valence-corrected chi connectivity index (χ2v) is 9.74. The fourth-order valence-electron chi connectivity index (χ4n) is 2.41. The summed E-state index contributed by atoms with van der Waals surface area (Å²) in [5.41, 5.74) is -0.628. The van der Waals surface area contributed by atoms with Crippen molar-refractivity contribution in [3.63, 3.8) is 0 Å². The zero-order chi connectivity index (χ0) is 24.9. The Balaban J connectivity index is 3.28. The van der Waals surface area contributed by atoms with Gasteiger partial charge in [-0.1, -0.05) is 6.07 Å². The molecule has 0 saturated carbocycles. The molecule has 1 aromatic rings. The lowest BCUT2D eigenvalue weighted by Crippen LogP contribution is -2.37. The van der Waals surface area contributed by atoms with Crippen molar-refractivity contribution in [3.05, 3.63) is 35.5 Å². The van der Waals surface area contributed by atoms with E-state index in [4.69, 9.17) is 9.47 Å². The fraction of sp³-hybridized carbons (Fsp3) is 0.500. The van der Waals surface area contributed by atoms with E-state index in [1.54, 1.807) is 54.5 Å². The summed E-state index contributed by atoms with van der Waals surface area (Å²) in [6.45, 7) is 13.1. The molecule has 1 atom stereocenters. The molecule has 0 spiro atoms. The third kappa shape index (κ3) is 8.53. The molecule has 0 aliphatic rings. The van der Waals surface area contributed by atoms with Crippen molar-refractivity contribution in [1.29, 1.82) is 0 Å². The molecule has 0 heterocycles. The molecule has 2 N–H and O–H groups in total. The summed E-state index contributed by atoms with van der Waals surface area (Å²) in [5.74, 6) is -2.26. The Hall–Kier alpha value is -3.16. The number of ether oxygens (including phenoxy) is 2. The van der Waals surface area contributed by atoms with E-state index in [2.05, 4.69) is 5.32 Å². The van der Waals surface area contributed by atoms with Crippen LogP contribution in [0.25, 0.3) is 0 Å². The monoisotopic (exact) mass is 447 g/mol. The van der Waals surface area contributed by atoms with Crippen molar-refractivity contribution >= 4 is 23.7 Å². The van der Waals surface area contributed by atoms with Crippen LogP contribution in [-0.2, 0) is 25.6 Å². The lowest BCUT2D eigenvalue weighted by molar-refractivity contribution is -0.145. The predicted octanol–water partition coefficient (Wildman–Crippen LogP) is 3.67. The average Bonchev–Trinajstić information content (AvgIpc) is 2.60. The molecule has 0 aromatic heterocycles. The van der Waals surface area contributed by atoms with Gasteiger partial charge in [-0.3, -0.25) is 14.4 Å². The van der Waals surface area contributed by atoms with E-state index in [-0.39, 0.29) is 23.7 Å². The normalized spacial score (nSPS) is 13.2.